The second-order valence-electron chi connectivity index (χ2n) is 7.85. The van der Waals surface area contributed by atoms with Crippen LogP contribution in [0.4, 0.5) is 0 Å². The van der Waals surface area contributed by atoms with E-state index in [0.717, 1.165) is 12.7 Å². The zero-order chi connectivity index (χ0) is 19.4. The van der Waals surface area contributed by atoms with Gasteiger partial charge in [0.15, 0.2) is 17.8 Å². The van der Waals surface area contributed by atoms with Crippen LogP contribution in [-0.4, -0.2) is 54.4 Å². The Balaban J connectivity index is 1.74. The molecule has 1 aromatic rings. The lowest BCUT2D eigenvalue weighted by Crippen LogP contribution is -2.48. The van der Waals surface area contributed by atoms with Crippen LogP contribution in [0.5, 0.6) is 11.5 Å². The molecule has 4 atom stereocenters. The predicted molar refractivity (Wildman–Crippen MR) is 106 cm³/mol. The van der Waals surface area contributed by atoms with E-state index in [-0.39, 0.29) is 6.17 Å². The lowest BCUT2D eigenvalue weighted by molar-refractivity contribution is 0.0623. The highest BCUT2D eigenvalue weighted by molar-refractivity contribution is 5.83. The van der Waals surface area contributed by atoms with E-state index >= 15 is 0 Å². The standard InChI is InChI=1S/C21H31N3O3/c1-14(2)24-15(3)23-9-19(24)17-8-6-5-7-16(17)13-27-21-11-22-10-20(26-4)18(21)12-25/h9-12,14-17,19H,5-8,13H2,1-4H3. The normalized spacial score (nSPS) is 28.5. The van der Waals surface area contributed by atoms with Crippen molar-refractivity contribution in [3.05, 3.63) is 18.0 Å². The molecule has 0 bridgehead atoms. The molecule has 0 saturated heterocycles. The van der Waals surface area contributed by atoms with Gasteiger partial charge in [0.25, 0.3) is 0 Å². The van der Waals surface area contributed by atoms with Crippen molar-refractivity contribution in [1.29, 1.82) is 0 Å². The molecule has 1 saturated carbocycles. The van der Waals surface area contributed by atoms with Gasteiger partial charge >= 0.3 is 0 Å². The van der Waals surface area contributed by atoms with Crippen LogP contribution in [0.25, 0.3) is 0 Å². The molecule has 0 radical (unpaired) electrons. The maximum Gasteiger partial charge on any atom is 0.157 e. The second kappa shape index (κ2) is 8.83. The number of ether oxygens (including phenoxy) is 2. The van der Waals surface area contributed by atoms with Crippen LogP contribution < -0.4 is 9.47 Å². The number of aromatic nitrogens is 1. The van der Waals surface area contributed by atoms with Crippen molar-refractivity contribution in [3.8, 4) is 11.5 Å². The summed E-state index contributed by atoms with van der Waals surface area (Å²) < 4.78 is 11.3. The van der Waals surface area contributed by atoms with Crippen LogP contribution in [-0.2, 0) is 0 Å². The van der Waals surface area contributed by atoms with Crippen molar-refractivity contribution in [2.75, 3.05) is 13.7 Å². The number of pyridine rings is 1. The van der Waals surface area contributed by atoms with E-state index < -0.39 is 0 Å². The average Bonchev–Trinajstić information content (AvgIpc) is 3.07. The monoisotopic (exact) mass is 373 g/mol. The molecule has 3 rings (SSSR count). The smallest absolute Gasteiger partial charge is 0.157 e. The zero-order valence-corrected chi connectivity index (χ0v) is 16.8. The van der Waals surface area contributed by atoms with Crippen molar-refractivity contribution >= 4 is 12.5 Å². The lowest BCUT2D eigenvalue weighted by Gasteiger charge is -2.41. The molecule has 2 heterocycles. The largest absolute Gasteiger partial charge is 0.494 e. The summed E-state index contributed by atoms with van der Waals surface area (Å²) in [5, 5.41) is 0. The highest BCUT2D eigenvalue weighted by Crippen LogP contribution is 2.37. The number of aldehydes is 1. The second-order valence-corrected chi connectivity index (χ2v) is 7.85. The molecule has 27 heavy (non-hydrogen) atoms. The third kappa shape index (κ3) is 4.15. The number of carbonyl (C=O) groups is 1. The van der Waals surface area contributed by atoms with Crippen LogP contribution in [0.3, 0.4) is 0 Å². The van der Waals surface area contributed by atoms with Crippen LogP contribution in [0.2, 0.25) is 0 Å². The topological polar surface area (TPSA) is 64.0 Å². The SMILES string of the molecule is COc1cncc(OCC2CCCCC2C2C=NC(C)N2C(C)C)c1C=O. The van der Waals surface area contributed by atoms with Gasteiger partial charge in [0.2, 0.25) is 0 Å². The van der Waals surface area contributed by atoms with Gasteiger partial charge in [-0.2, -0.15) is 0 Å². The fourth-order valence-corrected chi connectivity index (χ4v) is 4.64. The van der Waals surface area contributed by atoms with Crippen LogP contribution in [0.15, 0.2) is 17.4 Å². The molecule has 6 nitrogen and oxygen atoms in total. The minimum Gasteiger partial charge on any atom is -0.494 e. The molecule has 148 valence electrons. The highest BCUT2D eigenvalue weighted by Gasteiger charge is 2.39. The molecular formula is C21H31N3O3. The molecule has 4 unspecified atom stereocenters. The summed E-state index contributed by atoms with van der Waals surface area (Å²) >= 11 is 0. The molecule has 0 aromatic carbocycles. The summed E-state index contributed by atoms with van der Waals surface area (Å²) in [5.41, 5.74) is 0.430. The van der Waals surface area contributed by atoms with E-state index in [1.54, 1.807) is 6.20 Å². The Bertz CT molecular complexity index is 677. The summed E-state index contributed by atoms with van der Waals surface area (Å²) in [6.07, 6.45) is 11.1. The molecule has 6 heteroatoms. The van der Waals surface area contributed by atoms with Gasteiger partial charge in [0.05, 0.1) is 38.3 Å². The number of hydrogen-bond donors (Lipinski definition) is 0. The molecule has 0 spiro atoms. The van der Waals surface area contributed by atoms with E-state index in [4.69, 9.17) is 9.47 Å². The minimum atomic E-state index is 0.239. The Morgan fingerprint density at radius 3 is 2.70 bits per heavy atom. The number of aliphatic imine (C=N–C) groups is 1. The van der Waals surface area contributed by atoms with E-state index in [2.05, 4.69) is 41.9 Å². The number of carbonyl (C=O) groups excluding carboxylic acids is 1. The maximum absolute atomic E-state index is 11.5. The minimum absolute atomic E-state index is 0.239. The molecule has 0 amide bonds. The Morgan fingerprint density at radius 1 is 1.26 bits per heavy atom. The summed E-state index contributed by atoms with van der Waals surface area (Å²) in [5.74, 6) is 1.91. The van der Waals surface area contributed by atoms with E-state index in [1.807, 2.05) is 0 Å². The van der Waals surface area contributed by atoms with E-state index in [0.29, 0.717) is 47.6 Å². The summed E-state index contributed by atoms with van der Waals surface area (Å²) in [7, 11) is 1.53. The molecule has 1 fully saturated rings. The fraction of sp³-hybridized carbons (Fsp3) is 0.667. The molecule has 2 aliphatic rings. The van der Waals surface area contributed by atoms with Crippen LogP contribution in [0.1, 0.15) is 56.8 Å². The number of rotatable bonds is 7. The Labute approximate surface area is 162 Å². The highest BCUT2D eigenvalue weighted by atomic mass is 16.5. The Hall–Kier alpha value is -1.95. The van der Waals surface area contributed by atoms with E-state index in [9.17, 15) is 4.79 Å². The van der Waals surface area contributed by atoms with Gasteiger partial charge in [-0.25, -0.2) is 0 Å². The number of hydrogen-bond acceptors (Lipinski definition) is 6. The molecule has 1 aliphatic heterocycles. The van der Waals surface area contributed by atoms with E-state index in [1.165, 1.54) is 32.6 Å². The third-order valence-corrected chi connectivity index (χ3v) is 5.94. The Morgan fingerprint density at radius 2 is 2.00 bits per heavy atom. The first-order valence-electron chi connectivity index (χ1n) is 9.97. The maximum atomic E-state index is 11.5. The van der Waals surface area contributed by atoms with Gasteiger partial charge in [-0.15, -0.1) is 0 Å². The van der Waals surface area contributed by atoms with Gasteiger partial charge < -0.3 is 9.47 Å². The summed E-state index contributed by atoms with van der Waals surface area (Å²) in [6, 6.07) is 0.822. The molecule has 0 N–H and O–H groups in total. The lowest BCUT2D eigenvalue weighted by atomic mass is 9.75. The van der Waals surface area contributed by atoms with Gasteiger partial charge in [0, 0.05) is 12.3 Å². The van der Waals surface area contributed by atoms with Crippen molar-refractivity contribution in [2.24, 2.45) is 16.8 Å². The zero-order valence-electron chi connectivity index (χ0n) is 16.8. The van der Waals surface area contributed by atoms with Gasteiger partial charge in [-0.1, -0.05) is 12.8 Å². The first-order valence-corrected chi connectivity index (χ1v) is 9.97. The van der Waals surface area contributed by atoms with Gasteiger partial charge in [-0.3, -0.25) is 19.7 Å². The van der Waals surface area contributed by atoms with Crippen molar-refractivity contribution < 1.29 is 14.3 Å². The van der Waals surface area contributed by atoms with Crippen LogP contribution in [0, 0.1) is 11.8 Å². The first kappa shape index (κ1) is 19.8. The fourth-order valence-electron chi connectivity index (χ4n) is 4.64. The molecule has 1 aromatic heterocycles. The van der Waals surface area contributed by atoms with Gasteiger partial charge in [-0.05, 0) is 45.4 Å². The van der Waals surface area contributed by atoms with Crippen molar-refractivity contribution in [2.45, 2.75) is 64.7 Å². The summed E-state index contributed by atoms with van der Waals surface area (Å²) in [4.78, 5) is 22.8. The predicted octanol–water partition coefficient (Wildman–Crippen LogP) is 3.60. The first-order chi connectivity index (χ1) is 13.1. The molecule has 1 aliphatic carbocycles. The summed E-state index contributed by atoms with van der Waals surface area (Å²) in [6.45, 7) is 7.24. The molecular weight excluding hydrogens is 342 g/mol. The van der Waals surface area contributed by atoms with Crippen LogP contribution >= 0.6 is 0 Å². The van der Waals surface area contributed by atoms with Crippen molar-refractivity contribution in [1.82, 2.24) is 9.88 Å². The van der Waals surface area contributed by atoms with Crippen molar-refractivity contribution in [3.63, 3.8) is 0 Å². The third-order valence-electron chi connectivity index (χ3n) is 5.94. The number of nitrogens with zero attached hydrogens (tertiary/aromatic N) is 3. The quantitative estimate of drug-likeness (QED) is 0.683. The Kier molecular flexibility index (Phi) is 6.47. The van der Waals surface area contributed by atoms with Gasteiger partial charge in [0.1, 0.15) is 5.56 Å². The number of methoxy groups -OCH3 is 1. The average molecular weight is 373 g/mol.